The Morgan fingerprint density at radius 3 is 2.47 bits per heavy atom. The fraction of sp³-hybridized carbons (Fsp3) is 0.400. The van der Waals surface area contributed by atoms with Crippen molar-refractivity contribution in [2.45, 2.75) is 59.1 Å². The number of benzene rings is 2. The van der Waals surface area contributed by atoms with E-state index in [2.05, 4.69) is 10.6 Å². The minimum atomic E-state index is -1.13. The summed E-state index contributed by atoms with van der Waals surface area (Å²) in [6.07, 6.45) is 0.769. The first-order valence-corrected chi connectivity index (χ1v) is 10.8. The van der Waals surface area contributed by atoms with Gasteiger partial charge in [-0.2, -0.15) is 0 Å². The van der Waals surface area contributed by atoms with E-state index < -0.39 is 5.60 Å². The van der Waals surface area contributed by atoms with Gasteiger partial charge in [0, 0.05) is 16.8 Å². The van der Waals surface area contributed by atoms with Gasteiger partial charge in [-0.05, 0) is 70.9 Å². The Bertz CT molecular complexity index is 1060. The van der Waals surface area contributed by atoms with E-state index in [-0.39, 0.29) is 29.8 Å². The average Bonchev–Trinajstić information content (AvgIpc) is 2.72. The fourth-order valence-corrected chi connectivity index (χ4v) is 3.38. The van der Waals surface area contributed by atoms with Crippen LogP contribution >= 0.6 is 0 Å². The van der Waals surface area contributed by atoms with Gasteiger partial charge in [0.05, 0.1) is 5.69 Å². The van der Waals surface area contributed by atoms with Crippen LogP contribution in [0.4, 0.5) is 11.4 Å². The van der Waals surface area contributed by atoms with Gasteiger partial charge in [0.15, 0.2) is 5.60 Å². The van der Waals surface area contributed by atoms with Crippen molar-refractivity contribution in [2.75, 3.05) is 16.8 Å². The van der Waals surface area contributed by atoms with Crippen molar-refractivity contribution in [3.05, 3.63) is 53.6 Å². The van der Waals surface area contributed by atoms with E-state index in [1.165, 1.54) is 4.90 Å². The van der Waals surface area contributed by atoms with E-state index >= 15 is 0 Å². The van der Waals surface area contributed by atoms with Gasteiger partial charge in [0.2, 0.25) is 5.91 Å². The zero-order valence-electron chi connectivity index (χ0n) is 19.5. The quantitative estimate of drug-likeness (QED) is 0.714. The molecule has 170 valence electrons. The molecule has 0 bridgehead atoms. The number of anilines is 2. The topological polar surface area (TPSA) is 87.7 Å². The summed E-state index contributed by atoms with van der Waals surface area (Å²) in [4.78, 5) is 40.1. The van der Waals surface area contributed by atoms with Crippen LogP contribution in [0, 0.1) is 6.92 Å². The molecule has 1 aliphatic rings. The van der Waals surface area contributed by atoms with Gasteiger partial charge in [-0.1, -0.05) is 25.1 Å². The number of nitrogens with zero attached hydrogens (tertiary/aromatic N) is 1. The van der Waals surface area contributed by atoms with E-state index in [0.29, 0.717) is 22.7 Å². The SMILES string of the molecule is CCC(C)(C)NC(=O)c1ccc2c(c1)N(CC(=O)Nc1ccccc1C)C(=O)C(C)(C)O2. The molecule has 0 atom stereocenters. The normalized spacial score (nSPS) is 14.9. The van der Waals surface area contributed by atoms with Gasteiger partial charge in [-0.15, -0.1) is 0 Å². The van der Waals surface area contributed by atoms with Gasteiger partial charge in [0.1, 0.15) is 12.3 Å². The largest absolute Gasteiger partial charge is 0.476 e. The van der Waals surface area contributed by atoms with Crippen LogP contribution in [0.25, 0.3) is 0 Å². The molecule has 0 spiro atoms. The Hall–Kier alpha value is -3.35. The highest BCUT2D eigenvalue weighted by atomic mass is 16.5. The number of para-hydroxylation sites is 1. The summed E-state index contributed by atoms with van der Waals surface area (Å²) >= 11 is 0. The Morgan fingerprint density at radius 2 is 1.81 bits per heavy atom. The summed E-state index contributed by atoms with van der Waals surface area (Å²) in [7, 11) is 0. The standard InChI is InChI=1S/C25H31N3O4/c1-7-24(3,4)27-22(30)17-12-13-20-19(14-17)28(23(31)25(5,6)32-20)15-21(29)26-18-11-9-8-10-16(18)2/h8-14H,7,15H2,1-6H3,(H,26,29)(H,27,30). The molecule has 7 nitrogen and oxygen atoms in total. The number of amides is 3. The van der Waals surface area contributed by atoms with Crippen LogP contribution < -0.4 is 20.3 Å². The number of carbonyl (C=O) groups is 3. The second-order valence-electron chi connectivity index (χ2n) is 9.24. The van der Waals surface area contributed by atoms with Gasteiger partial charge in [0.25, 0.3) is 11.8 Å². The van der Waals surface area contributed by atoms with Crippen molar-refractivity contribution < 1.29 is 19.1 Å². The zero-order valence-corrected chi connectivity index (χ0v) is 19.5. The maximum Gasteiger partial charge on any atom is 0.271 e. The lowest BCUT2D eigenvalue weighted by Gasteiger charge is -2.38. The molecule has 3 rings (SSSR count). The lowest BCUT2D eigenvalue weighted by atomic mass is 10.00. The van der Waals surface area contributed by atoms with Gasteiger partial charge < -0.3 is 15.4 Å². The highest BCUT2D eigenvalue weighted by Gasteiger charge is 2.42. The molecule has 0 saturated carbocycles. The molecule has 2 aromatic carbocycles. The Kier molecular flexibility index (Phi) is 6.30. The van der Waals surface area contributed by atoms with Crippen molar-refractivity contribution in [1.82, 2.24) is 5.32 Å². The van der Waals surface area contributed by atoms with E-state index in [4.69, 9.17) is 4.74 Å². The number of aryl methyl sites for hydroxylation is 1. The molecule has 0 aliphatic carbocycles. The second-order valence-corrected chi connectivity index (χ2v) is 9.24. The first kappa shape index (κ1) is 23.3. The van der Waals surface area contributed by atoms with Crippen molar-refractivity contribution in [2.24, 2.45) is 0 Å². The van der Waals surface area contributed by atoms with Crippen LogP contribution in [0.3, 0.4) is 0 Å². The highest BCUT2D eigenvalue weighted by Crippen LogP contribution is 2.38. The molecule has 2 aromatic rings. The summed E-state index contributed by atoms with van der Waals surface area (Å²) in [5.41, 5.74) is 0.903. The highest BCUT2D eigenvalue weighted by molar-refractivity contribution is 6.08. The third kappa shape index (κ3) is 4.93. The van der Waals surface area contributed by atoms with E-state index in [0.717, 1.165) is 12.0 Å². The molecule has 3 amide bonds. The van der Waals surface area contributed by atoms with E-state index in [9.17, 15) is 14.4 Å². The first-order valence-electron chi connectivity index (χ1n) is 10.8. The summed E-state index contributed by atoms with van der Waals surface area (Å²) in [5, 5.41) is 5.85. The number of hydrogen-bond acceptors (Lipinski definition) is 4. The van der Waals surface area contributed by atoms with E-state index in [1.807, 2.05) is 52.0 Å². The number of nitrogens with one attached hydrogen (secondary N) is 2. The van der Waals surface area contributed by atoms with Crippen molar-refractivity contribution >= 4 is 29.1 Å². The Labute approximate surface area is 189 Å². The summed E-state index contributed by atoms with van der Waals surface area (Å²) in [5.74, 6) is -0.486. The number of hydrogen-bond donors (Lipinski definition) is 2. The molecule has 0 unspecified atom stereocenters. The Balaban J connectivity index is 1.91. The lowest BCUT2D eigenvalue weighted by Crippen LogP contribution is -2.54. The maximum atomic E-state index is 13.1. The molecule has 0 aromatic heterocycles. The molecule has 32 heavy (non-hydrogen) atoms. The fourth-order valence-electron chi connectivity index (χ4n) is 3.38. The predicted molar refractivity (Wildman–Crippen MR) is 125 cm³/mol. The summed E-state index contributed by atoms with van der Waals surface area (Å²) in [6.45, 7) is 10.9. The van der Waals surface area contributed by atoms with Gasteiger partial charge >= 0.3 is 0 Å². The number of fused-ring (bicyclic) bond motifs is 1. The monoisotopic (exact) mass is 437 g/mol. The average molecular weight is 438 g/mol. The molecular weight excluding hydrogens is 406 g/mol. The van der Waals surface area contributed by atoms with Crippen molar-refractivity contribution in [3.63, 3.8) is 0 Å². The third-order valence-corrected chi connectivity index (χ3v) is 5.69. The summed E-state index contributed by atoms with van der Waals surface area (Å²) < 4.78 is 5.88. The predicted octanol–water partition coefficient (Wildman–Crippen LogP) is 4.06. The molecular formula is C25H31N3O4. The van der Waals surface area contributed by atoms with Crippen LogP contribution in [0.15, 0.2) is 42.5 Å². The number of ether oxygens (including phenoxy) is 1. The maximum absolute atomic E-state index is 13.1. The minimum absolute atomic E-state index is 0.196. The zero-order chi connectivity index (χ0) is 23.7. The molecule has 0 radical (unpaired) electrons. The lowest BCUT2D eigenvalue weighted by molar-refractivity contribution is -0.133. The van der Waals surface area contributed by atoms with Crippen molar-refractivity contribution in [3.8, 4) is 5.75 Å². The van der Waals surface area contributed by atoms with E-state index in [1.54, 1.807) is 32.0 Å². The number of rotatable bonds is 6. The number of carbonyl (C=O) groups excluding carboxylic acids is 3. The van der Waals surface area contributed by atoms with Crippen LogP contribution in [0.1, 0.15) is 57.0 Å². The Morgan fingerprint density at radius 1 is 1.12 bits per heavy atom. The molecule has 0 saturated heterocycles. The smallest absolute Gasteiger partial charge is 0.271 e. The molecule has 1 heterocycles. The molecule has 1 aliphatic heterocycles. The van der Waals surface area contributed by atoms with Crippen LogP contribution in [0.5, 0.6) is 5.75 Å². The van der Waals surface area contributed by atoms with Crippen molar-refractivity contribution in [1.29, 1.82) is 0 Å². The van der Waals surface area contributed by atoms with Gasteiger partial charge in [-0.25, -0.2) is 0 Å². The summed E-state index contributed by atoms with van der Waals surface area (Å²) in [6, 6.07) is 12.4. The first-order chi connectivity index (χ1) is 14.9. The van der Waals surface area contributed by atoms with Crippen LogP contribution in [-0.2, 0) is 9.59 Å². The van der Waals surface area contributed by atoms with Crippen LogP contribution in [-0.4, -0.2) is 35.4 Å². The minimum Gasteiger partial charge on any atom is -0.476 e. The third-order valence-electron chi connectivity index (χ3n) is 5.69. The van der Waals surface area contributed by atoms with Crippen LogP contribution in [0.2, 0.25) is 0 Å². The second kappa shape index (κ2) is 8.65. The molecule has 0 fully saturated rings. The van der Waals surface area contributed by atoms with Gasteiger partial charge in [-0.3, -0.25) is 19.3 Å². The molecule has 7 heteroatoms. The molecule has 2 N–H and O–H groups in total.